The molecule has 1 atom stereocenters. The summed E-state index contributed by atoms with van der Waals surface area (Å²) >= 11 is 0. The van der Waals surface area contributed by atoms with Gasteiger partial charge in [-0.05, 0) is 20.8 Å². The van der Waals surface area contributed by atoms with Crippen molar-refractivity contribution in [2.45, 2.75) is 26.7 Å². The number of carbonyl (C=O) groups is 3. The van der Waals surface area contributed by atoms with Crippen molar-refractivity contribution in [3.05, 3.63) is 17.0 Å². The van der Waals surface area contributed by atoms with E-state index in [9.17, 15) is 14.4 Å². The molecule has 1 unspecified atom stereocenters. The molecule has 0 N–H and O–H groups in total. The van der Waals surface area contributed by atoms with Gasteiger partial charge in [-0.1, -0.05) is 0 Å². The first-order chi connectivity index (χ1) is 13.3. The number of hydrogen-bond donors (Lipinski definition) is 0. The highest BCUT2D eigenvalue weighted by atomic mass is 16.5. The summed E-state index contributed by atoms with van der Waals surface area (Å²) in [5.41, 5.74) is 2.82. The zero-order valence-electron chi connectivity index (χ0n) is 17.1. The van der Waals surface area contributed by atoms with Gasteiger partial charge in [-0.25, -0.2) is 0 Å². The van der Waals surface area contributed by atoms with Crippen LogP contribution in [0.3, 0.4) is 0 Å². The summed E-state index contributed by atoms with van der Waals surface area (Å²) < 4.78 is 7.02. The second-order valence-electron chi connectivity index (χ2n) is 7.45. The summed E-state index contributed by atoms with van der Waals surface area (Å²) in [6.07, 6.45) is 0. The number of ether oxygens (including phenoxy) is 1. The van der Waals surface area contributed by atoms with E-state index < -0.39 is 11.8 Å². The zero-order chi connectivity index (χ0) is 20.4. The molecule has 2 saturated heterocycles. The van der Waals surface area contributed by atoms with Crippen molar-refractivity contribution in [3.8, 4) is 0 Å². The molecule has 9 heteroatoms. The maximum atomic E-state index is 13.0. The number of amides is 3. The number of carbonyl (C=O) groups excluding carboxylic acids is 3. The van der Waals surface area contributed by atoms with Crippen molar-refractivity contribution < 1.29 is 19.1 Å². The van der Waals surface area contributed by atoms with Gasteiger partial charge in [-0.3, -0.25) is 19.1 Å². The molecule has 0 bridgehead atoms. The molecule has 2 aliphatic rings. The molecule has 1 aromatic heterocycles. The third kappa shape index (κ3) is 3.89. The highest BCUT2D eigenvalue weighted by molar-refractivity contribution is 6.34. The van der Waals surface area contributed by atoms with Crippen molar-refractivity contribution in [2.75, 3.05) is 52.5 Å². The maximum Gasteiger partial charge on any atom is 0.312 e. The summed E-state index contributed by atoms with van der Waals surface area (Å²) in [5, 5.41) is 4.40. The Balaban J connectivity index is 1.57. The highest BCUT2D eigenvalue weighted by Gasteiger charge is 2.33. The van der Waals surface area contributed by atoms with E-state index in [1.54, 1.807) is 19.4 Å². The van der Waals surface area contributed by atoms with Crippen molar-refractivity contribution in [3.63, 3.8) is 0 Å². The maximum absolute atomic E-state index is 13.0. The SMILES string of the molecule is Cc1nn(C)c(C)c1C(C)C(=O)N1CCN(C(=O)C(=O)N2CCOCC2)CC1. The fourth-order valence-corrected chi connectivity index (χ4v) is 3.98. The first-order valence-electron chi connectivity index (χ1n) is 9.76. The minimum atomic E-state index is -0.485. The predicted octanol–water partition coefficient (Wildman–Crippen LogP) is -0.330. The Bertz CT molecular complexity index is 761. The van der Waals surface area contributed by atoms with Crippen LogP contribution in [0.15, 0.2) is 0 Å². The lowest BCUT2D eigenvalue weighted by molar-refractivity contribution is -0.155. The fraction of sp³-hybridized carbons (Fsp3) is 0.684. The van der Waals surface area contributed by atoms with Crippen LogP contribution in [0.5, 0.6) is 0 Å². The molecular formula is C19H29N5O4. The van der Waals surface area contributed by atoms with Crippen LogP contribution >= 0.6 is 0 Å². The van der Waals surface area contributed by atoms with Gasteiger partial charge in [0, 0.05) is 57.6 Å². The number of nitrogens with zero attached hydrogens (tertiary/aromatic N) is 5. The van der Waals surface area contributed by atoms with Crippen molar-refractivity contribution in [1.82, 2.24) is 24.5 Å². The Hall–Kier alpha value is -2.42. The van der Waals surface area contributed by atoms with Crippen LogP contribution in [0.1, 0.15) is 29.8 Å². The monoisotopic (exact) mass is 391 g/mol. The van der Waals surface area contributed by atoms with Crippen molar-refractivity contribution >= 4 is 17.7 Å². The van der Waals surface area contributed by atoms with Crippen molar-refractivity contribution in [2.24, 2.45) is 7.05 Å². The number of aryl methyl sites for hydroxylation is 2. The minimum Gasteiger partial charge on any atom is -0.378 e. The molecule has 0 saturated carbocycles. The standard InChI is InChI=1S/C19H29N5O4/c1-13(16-14(2)20-21(4)15(16)3)17(25)22-5-7-23(8-6-22)18(26)19(27)24-9-11-28-12-10-24/h13H,5-12H2,1-4H3. The second-order valence-corrected chi connectivity index (χ2v) is 7.45. The number of rotatable bonds is 2. The van der Waals surface area contributed by atoms with Gasteiger partial charge in [0.2, 0.25) is 5.91 Å². The van der Waals surface area contributed by atoms with E-state index in [1.165, 1.54) is 0 Å². The molecular weight excluding hydrogens is 362 g/mol. The van der Waals surface area contributed by atoms with Gasteiger partial charge in [-0.15, -0.1) is 0 Å². The van der Waals surface area contributed by atoms with E-state index in [0.717, 1.165) is 17.0 Å². The van der Waals surface area contributed by atoms with Gasteiger partial charge in [-0.2, -0.15) is 5.10 Å². The van der Waals surface area contributed by atoms with Crippen LogP contribution in [0, 0.1) is 13.8 Å². The Morgan fingerprint density at radius 1 is 0.893 bits per heavy atom. The molecule has 0 spiro atoms. The Kier molecular flexibility index (Phi) is 6.02. The molecule has 1 aromatic rings. The highest BCUT2D eigenvalue weighted by Crippen LogP contribution is 2.25. The molecule has 28 heavy (non-hydrogen) atoms. The molecule has 3 amide bonds. The lowest BCUT2D eigenvalue weighted by Crippen LogP contribution is -2.56. The zero-order valence-corrected chi connectivity index (χ0v) is 17.1. The average Bonchev–Trinajstić information content (AvgIpc) is 2.98. The average molecular weight is 391 g/mol. The summed E-state index contributed by atoms with van der Waals surface area (Å²) in [7, 11) is 1.87. The first-order valence-corrected chi connectivity index (χ1v) is 9.76. The van der Waals surface area contributed by atoms with Gasteiger partial charge < -0.3 is 19.4 Å². The van der Waals surface area contributed by atoms with Crippen LogP contribution in [0.2, 0.25) is 0 Å². The third-order valence-corrected chi connectivity index (χ3v) is 5.73. The van der Waals surface area contributed by atoms with E-state index in [1.807, 2.05) is 27.8 Å². The summed E-state index contributed by atoms with van der Waals surface area (Å²) in [5.74, 6) is -1.21. The number of aromatic nitrogens is 2. The van der Waals surface area contributed by atoms with Crippen LogP contribution in [0.4, 0.5) is 0 Å². The normalized spacial score (nSPS) is 18.9. The Labute approximate surface area is 165 Å². The predicted molar refractivity (Wildman–Crippen MR) is 102 cm³/mol. The minimum absolute atomic E-state index is 0.0332. The van der Waals surface area contributed by atoms with E-state index in [4.69, 9.17) is 4.74 Å². The quantitative estimate of drug-likeness (QED) is 0.644. The molecule has 3 heterocycles. The van der Waals surface area contributed by atoms with Crippen LogP contribution < -0.4 is 0 Å². The van der Waals surface area contributed by atoms with E-state index in [-0.39, 0.29) is 11.8 Å². The summed E-state index contributed by atoms with van der Waals surface area (Å²) in [4.78, 5) is 42.7. The second kappa shape index (κ2) is 8.30. The van der Waals surface area contributed by atoms with Gasteiger partial charge in [0.25, 0.3) is 0 Å². The molecule has 0 aromatic carbocycles. The third-order valence-electron chi connectivity index (χ3n) is 5.73. The Morgan fingerprint density at radius 2 is 1.39 bits per heavy atom. The smallest absolute Gasteiger partial charge is 0.312 e. The summed E-state index contributed by atoms with van der Waals surface area (Å²) in [6.45, 7) is 9.23. The van der Waals surface area contributed by atoms with Gasteiger partial charge in [0.05, 0.1) is 24.8 Å². The Morgan fingerprint density at radius 3 is 1.89 bits per heavy atom. The number of morpholine rings is 1. The summed E-state index contributed by atoms with van der Waals surface area (Å²) in [6, 6.07) is 0. The first kappa shape index (κ1) is 20.3. The van der Waals surface area contributed by atoms with Gasteiger partial charge in [0.1, 0.15) is 0 Å². The van der Waals surface area contributed by atoms with Gasteiger partial charge in [0.15, 0.2) is 0 Å². The largest absolute Gasteiger partial charge is 0.378 e. The fourth-order valence-electron chi connectivity index (χ4n) is 3.98. The van der Waals surface area contributed by atoms with Crippen LogP contribution in [0.25, 0.3) is 0 Å². The molecule has 9 nitrogen and oxygen atoms in total. The van der Waals surface area contributed by atoms with Crippen molar-refractivity contribution in [1.29, 1.82) is 0 Å². The van der Waals surface area contributed by atoms with Crippen LogP contribution in [-0.4, -0.2) is 94.7 Å². The molecule has 2 fully saturated rings. The molecule has 2 aliphatic heterocycles. The van der Waals surface area contributed by atoms with E-state index in [0.29, 0.717) is 52.5 Å². The molecule has 154 valence electrons. The van der Waals surface area contributed by atoms with E-state index in [2.05, 4.69) is 5.10 Å². The lowest BCUT2D eigenvalue weighted by Gasteiger charge is -2.36. The van der Waals surface area contributed by atoms with E-state index >= 15 is 0 Å². The number of piperazine rings is 1. The topological polar surface area (TPSA) is 88.0 Å². The lowest BCUT2D eigenvalue weighted by atomic mass is 9.97. The molecule has 0 radical (unpaired) electrons. The number of hydrogen-bond acceptors (Lipinski definition) is 5. The van der Waals surface area contributed by atoms with Crippen LogP contribution in [-0.2, 0) is 26.2 Å². The molecule has 3 rings (SSSR count). The van der Waals surface area contributed by atoms with Gasteiger partial charge >= 0.3 is 11.8 Å². The molecule has 0 aliphatic carbocycles.